The molecule has 0 heterocycles. The molecule has 0 saturated carbocycles. The van der Waals surface area contributed by atoms with Crippen LogP contribution in [0.3, 0.4) is 0 Å². The van der Waals surface area contributed by atoms with Crippen molar-refractivity contribution < 1.29 is 47.8 Å². The van der Waals surface area contributed by atoms with Gasteiger partial charge in [0, 0.05) is 0 Å². The number of fused-ring (bicyclic) bond motifs is 3. The largest absolute Gasteiger partial charge is 1.00 e. The number of benzene rings is 2. The zero-order chi connectivity index (χ0) is 24.1. The third kappa shape index (κ3) is 9.84. The second-order valence-corrected chi connectivity index (χ2v) is 23.7. The van der Waals surface area contributed by atoms with Gasteiger partial charge in [-0.3, -0.25) is 0 Å². The van der Waals surface area contributed by atoms with Crippen molar-refractivity contribution in [3.63, 3.8) is 0 Å². The topological polar surface area (TPSA) is 0 Å². The predicted octanol–water partition coefficient (Wildman–Crippen LogP) is 2.41. The van der Waals surface area contributed by atoms with Crippen molar-refractivity contribution in [1.82, 2.24) is 0 Å². The SMILES string of the molecule is CC(C)(C)c1[c-]c2c(cc1)-c1ccc(C(C)(C)C)cc1C2.CCc1ccc[cH-]1.C[Si](C)=[Hf+2].[Cl-].[Cl-]. The second-order valence-electron chi connectivity index (χ2n) is 11.0. The summed E-state index contributed by atoms with van der Waals surface area (Å²) in [6, 6.07) is 23.6. The first-order valence-corrected chi connectivity index (χ1v) is 19.6. The summed E-state index contributed by atoms with van der Waals surface area (Å²) in [4.78, 5) is 0. The molecule has 3 aromatic carbocycles. The summed E-state index contributed by atoms with van der Waals surface area (Å²) in [5.74, 6) is 0. The Balaban J connectivity index is 0.000000702. The molecule has 1 aliphatic carbocycles. The molecule has 0 saturated heterocycles. The van der Waals surface area contributed by atoms with Crippen LogP contribution in [0.4, 0.5) is 0 Å². The van der Waals surface area contributed by atoms with Crippen LogP contribution >= 0.6 is 0 Å². The Labute approximate surface area is 236 Å². The minimum atomic E-state index is 0. The Hall–Kier alpha value is -0.543. The van der Waals surface area contributed by atoms with Crippen molar-refractivity contribution in [3.8, 4) is 11.1 Å². The average molecular weight is 678 g/mol. The van der Waals surface area contributed by atoms with Gasteiger partial charge in [0.1, 0.15) is 0 Å². The molecule has 0 atom stereocenters. The van der Waals surface area contributed by atoms with Gasteiger partial charge in [0.25, 0.3) is 0 Å². The molecule has 4 rings (SSSR count). The van der Waals surface area contributed by atoms with E-state index in [2.05, 4.69) is 122 Å². The first-order chi connectivity index (χ1) is 14.8. The maximum atomic E-state index is 3.67. The molecule has 1 aliphatic rings. The quantitative estimate of drug-likeness (QED) is 0.215. The maximum absolute atomic E-state index is 3.67. The molecular weight excluding hydrogens is 638 g/mol. The molecule has 4 heteroatoms. The molecular formula is C30H40Cl2HfSi-2. The zero-order valence-corrected chi connectivity index (χ0v) is 28.5. The number of hydrogen-bond acceptors (Lipinski definition) is 0. The smallest absolute Gasteiger partial charge is 1.00 e. The van der Waals surface area contributed by atoms with Gasteiger partial charge in [-0.2, -0.15) is 41.5 Å². The summed E-state index contributed by atoms with van der Waals surface area (Å²) < 4.78 is 0. The van der Waals surface area contributed by atoms with E-state index in [1.54, 1.807) is 0 Å². The average Bonchev–Trinajstić information content (AvgIpc) is 3.33. The van der Waals surface area contributed by atoms with Crippen LogP contribution in [0.2, 0.25) is 13.1 Å². The molecule has 0 nitrogen and oxygen atoms in total. The van der Waals surface area contributed by atoms with Crippen molar-refractivity contribution in [2.45, 2.75) is 85.2 Å². The van der Waals surface area contributed by atoms with E-state index in [-0.39, 0.29) is 41.1 Å². The molecule has 184 valence electrons. The molecule has 0 unspecified atom stereocenters. The van der Waals surface area contributed by atoms with Gasteiger partial charge in [-0.15, -0.1) is 11.1 Å². The molecule has 0 radical (unpaired) electrons. The van der Waals surface area contributed by atoms with Crippen molar-refractivity contribution in [3.05, 3.63) is 88.5 Å². The van der Waals surface area contributed by atoms with Crippen LogP contribution in [0.1, 0.15) is 76.3 Å². The van der Waals surface area contributed by atoms with Gasteiger partial charge in [-0.05, 0) is 28.4 Å². The van der Waals surface area contributed by atoms with Crippen molar-refractivity contribution in [2.75, 3.05) is 0 Å². The molecule has 3 aromatic rings. The summed E-state index contributed by atoms with van der Waals surface area (Å²) in [6.45, 7) is 20.4. The summed E-state index contributed by atoms with van der Waals surface area (Å²) >= 11 is 1.45. The first kappa shape index (κ1) is 33.5. The van der Waals surface area contributed by atoms with Gasteiger partial charge in [0.2, 0.25) is 0 Å². The van der Waals surface area contributed by atoms with Crippen molar-refractivity contribution >= 4 is 5.49 Å². The molecule has 34 heavy (non-hydrogen) atoms. The van der Waals surface area contributed by atoms with E-state index in [1.807, 2.05) is 0 Å². The van der Waals surface area contributed by atoms with Crippen LogP contribution in [0.5, 0.6) is 0 Å². The minimum Gasteiger partial charge on any atom is -1.00 e. The number of halogens is 2. The summed E-state index contributed by atoms with van der Waals surface area (Å²) in [6.07, 6.45) is 2.19. The minimum absolute atomic E-state index is 0. The standard InChI is InChI=1S/C21H25.C7H9.C2H6Si.2ClH.Hf/c1-20(2,3)16-7-9-18-14(12-16)11-15-13-17(21(4,5)6)8-10-19(15)18;1-2-7-5-3-4-6-7;1-3-2;;;/h7-10,12H,11H2,1-6H3;3-6H,2H2,1H3;1-2H3;2*1H;/q2*-1;;;;+2/p-2. The summed E-state index contributed by atoms with van der Waals surface area (Å²) in [5, 5.41) is 0. The Bertz CT molecular complexity index is 973. The van der Waals surface area contributed by atoms with E-state index < -0.39 is 0 Å². The van der Waals surface area contributed by atoms with E-state index >= 15 is 0 Å². The van der Waals surface area contributed by atoms with Crippen LogP contribution < -0.4 is 24.8 Å². The van der Waals surface area contributed by atoms with E-state index in [9.17, 15) is 0 Å². The van der Waals surface area contributed by atoms with E-state index in [0.29, 0.717) is 0 Å². The molecule has 0 aliphatic heterocycles. The molecule has 0 spiro atoms. The van der Waals surface area contributed by atoms with Gasteiger partial charge >= 0.3 is 41.6 Å². The van der Waals surface area contributed by atoms with Gasteiger partial charge in [0.15, 0.2) is 0 Å². The van der Waals surface area contributed by atoms with E-state index in [4.69, 9.17) is 0 Å². The number of hydrogen-bond donors (Lipinski definition) is 0. The molecule has 0 N–H and O–H groups in total. The normalized spacial score (nSPS) is 11.4. The fourth-order valence-corrected chi connectivity index (χ4v) is 3.68. The second kappa shape index (κ2) is 14.3. The zero-order valence-electron chi connectivity index (χ0n) is 22.4. The molecule has 0 amide bonds. The van der Waals surface area contributed by atoms with Crippen LogP contribution in [-0.4, -0.2) is 5.49 Å². The Morgan fingerprint density at radius 2 is 1.50 bits per heavy atom. The van der Waals surface area contributed by atoms with Crippen molar-refractivity contribution in [1.29, 1.82) is 0 Å². The van der Waals surface area contributed by atoms with Crippen molar-refractivity contribution in [2.24, 2.45) is 0 Å². The number of aryl methyl sites for hydroxylation is 1. The predicted molar refractivity (Wildman–Crippen MR) is 140 cm³/mol. The fraction of sp³-hybridized carbons (Fsp3) is 0.433. The van der Waals surface area contributed by atoms with Gasteiger partial charge < -0.3 is 24.8 Å². The fourth-order valence-electron chi connectivity index (χ4n) is 3.68. The van der Waals surface area contributed by atoms with E-state index in [0.717, 1.165) is 12.8 Å². The first-order valence-electron chi connectivity index (χ1n) is 11.7. The van der Waals surface area contributed by atoms with Crippen LogP contribution in [0.15, 0.2) is 54.6 Å². The van der Waals surface area contributed by atoms with E-state index in [1.165, 1.54) is 61.9 Å². The Kier molecular flexibility index (Phi) is 14.0. The monoisotopic (exact) mass is 678 g/mol. The third-order valence-corrected chi connectivity index (χ3v) is 5.60. The summed E-state index contributed by atoms with van der Waals surface area (Å²) in [5.41, 5.74) is 10.4. The molecule has 0 aromatic heterocycles. The maximum Gasteiger partial charge on any atom is -1.00 e. The van der Waals surface area contributed by atoms with Gasteiger partial charge in [-0.1, -0.05) is 78.6 Å². The molecule has 0 bridgehead atoms. The number of rotatable bonds is 1. The Morgan fingerprint density at radius 1 is 0.912 bits per heavy atom. The van der Waals surface area contributed by atoms with Gasteiger partial charge in [0.05, 0.1) is 0 Å². The third-order valence-electron chi connectivity index (χ3n) is 5.60. The van der Waals surface area contributed by atoms with Crippen LogP contribution in [-0.2, 0) is 46.7 Å². The van der Waals surface area contributed by atoms with Gasteiger partial charge in [-0.25, -0.2) is 12.1 Å². The summed E-state index contributed by atoms with van der Waals surface area (Å²) in [7, 11) is 0. The molecule has 0 fully saturated rings. The van der Waals surface area contributed by atoms with Crippen LogP contribution in [0.25, 0.3) is 11.1 Å². The van der Waals surface area contributed by atoms with Crippen LogP contribution in [0, 0.1) is 6.07 Å². The Morgan fingerprint density at radius 3 is 1.94 bits per heavy atom.